The maximum Gasteiger partial charge on any atom is 0.214 e. The lowest BCUT2D eigenvalue weighted by Crippen LogP contribution is -2.38. The largest absolute Gasteiger partial charge is 0.493 e. The van der Waals surface area contributed by atoms with E-state index < -0.39 is 21.7 Å². The lowest BCUT2D eigenvalue weighted by atomic mass is 10.1. The van der Waals surface area contributed by atoms with Gasteiger partial charge in [-0.25, -0.2) is 17.2 Å². The third-order valence-electron chi connectivity index (χ3n) is 4.95. The lowest BCUT2D eigenvalue weighted by molar-refractivity contribution is 0.326. The number of ether oxygens (including phenoxy) is 1. The van der Waals surface area contributed by atoms with Gasteiger partial charge in [0.1, 0.15) is 17.4 Å². The summed E-state index contributed by atoms with van der Waals surface area (Å²) in [6.45, 7) is 1.25. The lowest BCUT2D eigenvalue weighted by Gasteiger charge is -2.24. The summed E-state index contributed by atoms with van der Waals surface area (Å²) >= 11 is 0. The van der Waals surface area contributed by atoms with Gasteiger partial charge in [0.15, 0.2) is 0 Å². The number of rotatable bonds is 9. The molecule has 2 aromatic rings. The number of benzene rings is 2. The summed E-state index contributed by atoms with van der Waals surface area (Å²) in [6.07, 6.45) is 1.19. The van der Waals surface area contributed by atoms with Crippen LogP contribution in [0.25, 0.3) is 0 Å². The predicted octanol–water partition coefficient (Wildman–Crippen LogP) is 2.84. The molecule has 158 valence electrons. The van der Waals surface area contributed by atoms with Crippen LogP contribution in [-0.2, 0) is 29.4 Å². The molecule has 5 nitrogen and oxygen atoms in total. The number of hydrogen-bond donors (Lipinski definition) is 0. The first-order chi connectivity index (χ1) is 13.7. The molecule has 0 bridgehead atoms. The minimum absolute atomic E-state index is 0.0805. The first-order valence-electron chi connectivity index (χ1n) is 9.56. The Kier molecular flexibility index (Phi) is 6.87. The molecule has 0 aliphatic carbocycles. The van der Waals surface area contributed by atoms with Gasteiger partial charge in [0.05, 0.1) is 12.4 Å². The van der Waals surface area contributed by atoms with E-state index in [0.29, 0.717) is 19.6 Å². The number of halogens is 2. The van der Waals surface area contributed by atoms with Crippen LogP contribution < -0.4 is 4.74 Å². The SMILES string of the molecule is CN(C)CCN(Cc1ccc(F)cc1F)S(=O)(=O)CCc1ccc2c(c1)CCO2. The van der Waals surface area contributed by atoms with Gasteiger partial charge in [-0.15, -0.1) is 0 Å². The van der Waals surface area contributed by atoms with Crippen molar-refractivity contribution < 1.29 is 21.9 Å². The molecule has 0 amide bonds. The summed E-state index contributed by atoms with van der Waals surface area (Å²) in [4.78, 5) is 1.87. The highest BCUT2D eigenvalue weighted by Crippen LogP contribution is 2.26. The van der Waals surface area contributed by atoms with E-state index >= 15 is 0 Å². The number of aryl methyl sites for hydroxylation is 1. The summed E-state index contributed by atoms with van der Waals surface area (Å²) in [5, 5.41) is 0. The van der Waals surface area contributed by atoms with Crippen LogP contribution in [0.1, 0.15) is 16.7 Å². The Hall–Kier alpha value is -2.03. The third-order valence-corrected chi connectivity index (χ3v) is 6.77. The van der Waals surface area contributed by atoms with E-state index in [-0.39, 0.29) is 24.4 Å². The van der Waals surface area contributed by atoms with Gasteiger partial charge in [0.25, 0.3) is 0 Å². The predicted molar refractivity (Wildman–Crippen MR) is 108 cm³/mol. The molecule has 29 heavy (non-hydrogen) atoms. The molecule has 0 aromatic heterocycles. The van der Waals surface area contributed by atoms with Gasteiger partial charge in [0, 0.05) is 37.7 Å². The molecule has 0 saturated heterocycles. The van der Waals surface area contributed by atoms with Gasteiger partial charge in [-0.3, -0.25) is 0 Å². The van der Waals surface area contributed by atoms with Gasteiger partial charge in [-0.05, 0) is 43.8 Å². The van der Waals surface area contributed by atoms with E-state index in [2.05, 4.69) is 0 Å². The Morgan fingerprint density at radius 1 is 1.07 bits per heavy atom. The molecule has 0 unspecified atom stereocenters. The minimum Gasteiger partial charge on any atom is -0.493 e. The highest BCUT2D eigenvalue weighted by Gasteiger charge is 2.24. The van der Waals surface area contributed by atoms with E-state index in [0.717, 1.165) is 35.4 Å². The van der Waals surface area contributed by atoms with Crippen LogP contribution in [0.2, 0.25) is 0 Å². The Morgan fingerprint density at radius 3 is 2.59 bits per heavy atom. The van der Waals surface area contributed by atoms with Crippen molar-refractivity contribution >= 4 is 10.0 Å². The summed E-state index contributed by atoms with van der Waals surface area (Å²) in [5.41, 5.74) is 2.18. The zero-order chi connectivity index (χ0) is 21.0. The molecular weight excluding hydrogens is 398 g/mol. The Bertz CT molecular complexity index is 964. The highest BCUT2D eigenvalue weighted by atomic mass is 32.2. The molecule has 0 radical (unpaired) electrons. The third kappa shape index (κ3) is 5.74. The smallest absolute Gasteiger partial charge is 0.214 e. The Morgan fingerprint density at radius 2 is 1.86 bits per heavy atom. The van der Waals surface area contributed by atoms with Crippen molar-refractivity contribution in [2.75, 3.05) is 39.5 Å². The van der Waals surface area contributed by atoms with Crippen molar-refractivity contribution in [3.05, 3.63) is 64.7 Å². The summed E-state index contributed by atoms with van der Waals surface area (Å²) in [5.74, 6) is -0.651. The molecule has 1 aliphatic heterocycles. The molecule has 0 saturated carbocycles. The Balaban J connectivity index is 1.73. The van der Waals surface area contributed by atoms with Crippen LogP contribution in [0.5, 0.6) is 5.75 Å². The molecule has 2 aromatic carbocycles. The highest BCUT2D eigenvalue weighted by molar-refractivity contribution is 7.89. The first kappa shape index (κ1) is 21.7. The van der Waals surface area contributed by atoms with Crippen LogP contribution >= 0.6 is 0 Å². The maximum atomic E-state index is 14.1. The second-order valence-electron chi connectivity index (χ2n) is 7.48. The molecule has 1 heterocycles. The van der Waals surface area contributed by atoms with E-state index in [9.17, 15) is 17.2 Å². The van der Waals surface area contributed by atoms with Gasteiger partial charge in [-0.2, -0.15) is 4.31 Å². The zero-order valence-corrected chi connectivity index (χ0v) is 17.5. The van der Waals surface area contributed by atoms with Gasteiger partial charge < -0.3 is 9.64 Å². The Labute approximate surface area is 170 Å². The molecule has 1 aliphatic rings. The number of sulfonamides is 1. The fourth-order valence-corrected chi connectivity index (χ4v) is 4.69. The van der Waals surface area contributed by atoms with Crippen LogP contribution in [0, 0.1) is 11.6 Å². The fourth-order valence-electron chi connectivity index (χ4n) is 3.24. The molecule has 0 spiro atoms. The number of hydrogen-bond acceptors (Lipinski definition) is 4. The van der Waals surface area contributed by atoms with Crippen LogP contribution in [-0.4, -0.2) is 57.2 Å². The molecule has 8 heteroatoms. The summed E-state index contributed by atoms with van der Waals surface area (Å²) in [6, 6.07) is 8.96. The van der Waals surface area contributed by atoms with Crippen molar-refractivity contribution in [2.24, 2.45) is 0 Å². The second kappa shape index (κ2) is 9.19. The average Bonchev–Trinajstić information content (AvgIpc) is 3.12. The molecule has 0 N–H and O–H groups in total. The van der Waals surface area contributed by atoms with Crippen LogP contribution in [0.4, 0.5) is 8.78 Å². The van der Waals surface area contributed by atoms with Crippen molar-refractivity contribution in [1.82, 2.24) is 9.21 Å². The second-order valence-corrected chi connectivity index (χ2v) is 9.57. The van der Waals surface area contributed by atoms with Crippen LogP contribution in [0.3, 0.4) is 0 Å². The molecular formula is C21H26F2N2O3S. The normalized spacial score (nSPS) is 13.7. The van der Waals surface area contributed by atoms with E-state index in [1.54, 1.807) is 0 Å². The average molecular weight is 425 g/mol. The van der Waals surface area contributed by atoms with Crippen LogP contribution in [0.15, 0.2) is 36.4 Å². The number of fused-ring (bicyclic) bond motifs is 1. The van der Waals surface area contributed by atoms with Gasteiger partial charge >= 0.3 is 0 Å². The minimum atomic E-state index is -3.64. The van der Waals surface area contributed by atoms with Gasteiger partial charge in [0.2, 0.25) is 10.0 Å². The standard InChI is InChI=1S/C21H26F2N2O3S/c1-24(2)9-10-25(15-18-4-5-19(22)14-20(18)23)29(26,27)12-8-16-3-6-21-17(13-16)7-11-28-21/h3-6,13-14H,7-12,15H2,1-2H3. The summed E-state index contributed by atoms with van der Waals surface area (Å²) in [7, 11) is 0.0459. The first-order valence-corrected chi connectivity index (χ1v) is 11.2. The maximum absolute atomic E-state index is 14.1. The van der Waals surface area contributed by atoms with Crippen molar-refractivity contribution in [3.63, 3.8) is 0 Å². The molecule has 3 rings (SSSR count). The van der Waals surface area contributed by atoms with Crippen molar-refractivity contribution in [3.8, 4) is 5.75 Å². The van der Waals surface area contributed by atoms with E-state index in [4.69, 9.17) is 4.74 Å². The zero-order valence-electron chi connectivity index (χ0n) is 16.7. The molecule has 0 atom stereocenters. The van der Waals surface area contributed by atoms with E-state index in [1.165, 1.54) is 10.4 Å². The monoisotopic (exact) mass is 424 g/mol. The summed E-state index contributed by atoms with van der Waals surface area (Å²) < 4.78 is 60.1. The molecule has 0 fully saturated rings. The van der Waals surface area contributed by atoms with Crippen molar-refractivity contribution in [2.45, 2.75) is 19.4 Å². The topological polar surface area (TPSA) is 49.9 Å². The van der Waals surface area contributed by atoms with E-state index in [1.807, 2.05) is 37.2 Å². The van der Waals surface area contributed by atoms with Gasteiger partial charge in [-0.1, -0.05) is 18.2 Å². The van der Waals surface area contributed by atoms with Crippen molar-refractivity contribution in [1.29, 1.82) is 0 Å². The fraction of sp³-hybridized carbons (Fsp3) is 0.429. The number of nitrogens with zero attached hydrogens (tertiary/aromatic N) is 2. The quantitative estimate of drug-likeness (QED) is 0.621. The number of likely N-dealkylation sites (N-methyl/N-ethyl adjacent to an activating group) is 1.